The molecule has 0 heterocycles. The molecule has 0 aromatic rings. The van der Waals surface area contributed by atoms with Crippen LogP contribution in [0.2, 0.25) is 0 Å². The summed E-state index contributed by atoms with van der Waals surface area (Å²) < 4.78 is 0. The normalized spacial score (nSPS) is 11.2. The van der Waals surface area contributed by atoms with E-state index >= 15 is 0 Å². The Bertz CT molecular complexity index is 515. The van der Waals surface area contributed by atoms with E-state index in [1.807, 2.05) is 0 Å². The number of carbonyl (C=O) groups is 2. The van der Waals surface area contributed by atoms with Crippen LogP contribution in [0.3, 0.4) is 0 Å². The lowest BCUT2D eigenvalue weighted by atomic mass is 10.0. The quantitative estimate of drug-likeness (QED) is 0.0541. The van der Waals surface area contributed by atoms with Crippen molar-refractivity contribution in [3.8, 4) is 0 Å². The van der Waals surface area contributed by atoms with Crippen LogP contribution in [0.5, 0.6) is 0 Å². The molecule has 0 spiro atoms. The first-order valence-corrected chi connectivity index (χ1v) is 21.0. The Morgan fingerprint density at radius 3 is 0.881 bits per heavy atom. The molecule has 0 bridgehead atoms. The van der Waals surface area contributed by atoms with E-state index in [1.165, 1.54) is 154 Å². The molecule has 0 aliphatic heterocycles. The second-order valence-electron chi connectivity index (χ2n) is 12.3. The molecule has 0 atom stereocenters. The lowest BCUT2D eigenvalue weighted by molar-refractivity contribution is -0.121. The first kappa shape index (κ1) is 41.6. The fraction of sp³-hybridized carbons (Fsp3) is 0.944. The van der Waals surface area contributed by atoms with Crippen molar-refractivity contribution in [2.75, 3.05) is 24.6 Å². The zero-order valence-electron chi connectivity index (χ0n) is 28.3. The lowest BCUT2D eigenvalue weighted by Crippen LogP contribution is -2.26. The number of unbranched alkanes of at least 4 members (excludes halogenated alkanes) is 24. The molecule has 2 N–H and O–H groups in total. The summed E-state index contributed by atoms with van der Waals surface area (Å²) in [5.41, 5.74) is 0. The van der Waals surface area contributed by atoms with Gasteiger partial charge in [0.1, 0.15) is 0 Å². The van der Waals surface area contributed by atoms with Crippen molar-refractivity contribution in [2.24, 2.45) is 0 Å². The average molecular weight is 629 g/mol. The van der Waals surface area contributed by atoms with Crippen molar-refractivity contribution >= 4 is 33.4 Å². The standard InChI is InChI=1S/C36H72N2O2S2/c1-3-5-7-9-11-13-15-17-19-21-23-25-27-29-35(39)37-31-33-41-42-34-32-38-36(40)30-28-26-24-22-20-18-16-14-12-10-8-6-4-2/h3-34H2,1-2H3,(H,37,39)(H,38,40). The molecule has 0 saturated heterocycles. The highest BCUT2D eigenvalue weighted by atomic mass is 33.1. The first-order chi connectivity index (χ1) is 20.7. The van der Waals surface area contributed by atoms with E-state index in [9.17, 15) is 9.59 Å². The van der Waals surface area contributed by atoms with Crippen molar-refractivity contribution < 1.29 is 9.59 Å². The van der Waals surface area contributed by atoms with Crippen molar-refractivity contribution in [1.29, 1.82) is 0 Å². The van der Waals surface area contributed by atoms with Gasteiger partial charge in [-0.2, -0.15) is 0 Å². The predicted molar refractivity (Wildman–Crippen MR) is 192 cm³/mol. The highest BCUT2D eigenvalue weighted by Gasteiger charge is 2.03. The maximum absolute atomic E-state index is 12.0. The summed E-state index contributed by atoms with van der Waals surface area (Å²) >= 11 is 0. The number of hydrogen-bond donors (Lipinski definition) is 2. The number of carbonyl (C=O) groups excluding carboxylic acids is 2. The van der Waals surface area contributed by atoms with Gasteiger partial charge in [-0.1, -0.05) is 190 Å². The Morgan fingerprint density at radius 2 is 0.619 bits per heavy atom. The fourth-order valence-electron chi connectivity index (χ4n) is 5.37. The van der Waals surface area contributed by atoms with Crippen LogP contribution in [-0.4, -0.2) is 36.4 Å². The zero-order chi connectivity index (χ0) is 30.6. The third-order valence-corrected chi connectivity index (χ3v) is 10.5. The van der Waals surface area contributed by atoms with E-state index in [1.54, 1.807) is 21.6 Å². The van der Waals surface area contributed by atoms with E-state index in [0.29, 0.717) is 12.8 Å². The summed E-state index contributed by atoms with van der Waals surface area (Å²) in [7, 11) is 3.57. The molecule has 0 aromatic carbocycles. The molecule has 4 nitrogen and oxygen atoms in total. The van der Waals surface area contributed by atoms with Crippen LogP contribution in [0.4, 0.5) is 0 Å². The van der Waals surface area contributed by atoms with Crippen LogP contribution in [-0.2, 0) is 9.59 Å². The zero-order valence-corrected chi connectivity index (χ0v) is 29.9. The van der Waals surface area contributed by atoms with Gasteiger partial charge in [-0.3, -0.25) is 9.59 Å². The Morgan fingerprint density at radius 1 is 0.381 bits per heavy atom. The van der Waals surface area contributed by atoms with Crippen molar-refractivity contribution in [1.82, 2.24) is 10.6 Å². The molecule has 250 valence electrons. The van der Waals surface area contributed by atoms with Crippen molar-refractivity contribution in [3.05, 3.63) is 0 Å². The molecular formula is C36H72N2O2S2. The lowest BCUT2D eigenvalue weighted by Gasteiger charge is -2.07. The molecule has 0 fully saturated rings. The van der Waals surface area contributed by atoms with Gasteiger partial charge in [-0.15, -0.1) is 0 Å². The summed E-state index contributed by atoms with van der Waals surface area (Å²) in [4.78, 5) is 24.0. The van der Waals surface area contributed by atoms with Gasteiger partial charge in [0.2, 0.25) is 11.8 Å². The number of nitrogens with one attached hydrogen (secondary N) is 2. The smallest absolute Gasteiger partial charge is 0.220 e. The largest absolute Gasteiger partial charge is 0.355 e. The fourth-order valence-corrected chi connectivity index (χ4v) is 7.18. The minimum absolute atomic E-state index is 0.198. The second kappa shape index (κ2) is 36.8. The van der Waals surface area contributed by atoms with Gasteiger partial charge in [-0.25, -0.2) is 0 Å². The number of hydrogen-bond acceptors (Lipinski definition) is 4. The van der Waals surface area contributed by atoms with Crippen molar-refractivity contribution in [3.63, 3.8) is 0 Å². The molecule has 0 radical (unpaired) electrons. The van der Waals surface area contributed by atoms with Crippen LogP contribution in [0.25, 0.3) is 0 Å². The summed E-state index contributed by atoms with van der Waals surface area (Å²) in [5, 5.41) is 6.10. The number of amides is 2. The molecule has 2 amide bonds. The summed E-state index contributed by atoms with van der Waals surface area (Å²) in [6.45, 7) is 6.03. The molecule has 0 aliphatic carbocycles. The summed E-state index contributed by atoms with van der Waals surface area (Å²) in [6.07, 6.45) is 36.0. The van der Waals surface area contributed by atoms with Crippen LogP contribution < -0.4 is 10.6 Å². The van der Waals surface area contributed by atoms with E-state index in [0.717, 1.165) is 37.4 Å². The molecule has 0 saturated carbocycles. The molecule has 0 rings (SSSR count). The number of rotatable bonds is 35. The summed E-state index contributed by atoms with van der Waals surface area (Å²) in [5.74, 6) is 2.23. The van der Waals surface area contributed by atoms with Gasteiger partial charge >= 0.3 is 0 Å². The average Bonchev–Trinajstić information content (AvgIpc) is 2.99. The van der Waals surface area contributed by atoms with Gasteiger partial charge in [-0.05, 0) is 12.8 Å². The summed E-state index contributed by atoms with van der Waals surface area (Å²) in [6, 6.07) is 0. The predicted octanol–water partition coefficient (Wildman–Crippen LogP) is 11.6. The molecule has 0 aromatic heterocycles. The van der Waals surface area contributed by atoms with Gasteiger partial charge in [0.15, 0.2) is 0 Å². The third-order valence-electron chi connectivity index (χ3n) is 8.11. The van der Waals surface area contributed by atoms with Gasteiger partial charge < -0.3 is 10.6 Å². The van der Waals surface area contributed by atoms with Gasteiger partial charge in [0, 0.05) is 37.4 Å². The molecule has 0 aliphatic rings. The van der Waals surface area contributed by atoms with E-state index < -0.39 is 0 Å². The third kappa shape index (κ3) is 35.8. The van der Waals surface area contributed by atoms with Crippen LogP contribution in [0, 0.1) is 0 Å². The highest BCUT2D eigenvalue weighted by Crippen LogP contribution is 2.19. The molecule has 0 unspecified atom stereocenters. The molecule has 6 heteroatoms. The van der Waals surface area contributed by atoms with Gasteiger partial charge in [0.05, 0.1) is 0 Å². The van der Waals surface area contributed by atoms with Gasteiger partial charge in [0.25, 0.3) is 0 Å². The topological polar surface area (TPSA) is 58.2 Å². The monoisotopic (exact) mass is 629 g/mol. The molecular weight excluding hydrogens is 557 g/mol. The minimum Gasteiger partial charge on any atom is -0.355 e. The van der Waals surface area contributed by atoms with E-state index in [4.69, 9.17) is 0 Å². The Balaban J connectivity index is 3.24. The SMILES string of the molecule is CCCCCCCCCCCCCCCC(=O)NCCSSCCNC(=O)CCCCCCCCCCCCCCC. The van der Waals surface area contributed by atoms with Crippen LogP contribution in [0.1, 0.15) is 194 Å². The Labute approximate surface area is 271 Å². The second-order valence-corrected chi connectivity index (χ2v) is 15.0. The van der Waals surface area contributed by atoms with Crippen LogP contribution in [0.15, 0.2) is 0 Å². The maximum Gasteiger partial charge on any atom is 0.220 e. The van der Waals surface area contributed by atoms with Crippen LogP contribution >= 0.6 is 21.6 Å². The Hall–Kier alpha value is -0.360. The molecule has 42 heavy (non-hydrogen) atoms. The first-order valence-electron chi connectivity index (χ1n) is 18.5. The highest BCUT2D eigenvalue weighted by molar-refractivity contribution is 8.76. The Kier molecular flexibility index (Phi) is 36.5. The minimum atomic E-state index is 0.198. The van der Waals surface area contributed by atoms with E-state index in [2.05, 4.69) is 24.5 Å². The van der Waals surface area contributed by atoms with Crippen molar-refractivity contribution in [2.45, 2.75) is 194 Å². The van der Waals surface area contributed by atoms with E-state index in [-0.39, 0.29) is 11.8 Å². The maximum atomic E-state index is 12.0.